The Morgan fingerprint density at radius 1 is 0.919 bits per heavy atom. The zero-order chi connectivity index (χ0) is 26.1. The van der Waals surface area contributed by atoms with Crippen LogP contribution < -0.4 is 0 Å². The molecule has 3 rings (SSSR count). The number of hydrogen-bond donors (Lipinski definition) is 0. The minimum atomic E-state index is -0.398. The van der Waals surface area contributed by atoms with Gasteiger partial charge in [-0.05, 0) is 49.6 Å². The Kier molecular flexibility index (Phi) is 11.9. The fourth-order valence-corrected chi connectivity index (χ4v) is 4.30. The van der Waals surface area contributed by atoms with E-state index < -0.39 is 5.97 Å². The minimum absolute atomic E-state index is 0. The zero-order valence-corrected chi connectivity index (χ0v) is 23.2. The van der Waals surface area contributed by atoms with E-state index in [-0.39, 0.29) is 24.3 Å². The summed E-state index contributed by atoms with van der Waals surface area (Å²) < 4.78 is 6.82. The van der Waals surface area contributed by atoms with Crippen molar-refractivity contribution in [3.8, 4) is 5.69 Å². The molecule has 0 unspecified atom stereocenters. The van der Waals surface area contributed by atoms with Gasteiger partial charge in [-0.1, -0.05) is 46.5 Å². The van der Waals surface area contributed by atoms with Gasteiger partial charge >= 0.3 is 12.0 Å². The van der Waals surface area contributed by atoms with E-state index in [9.17, 15) is 14.4 Å². The Morgan fingerprint density at radius 2 is 1.57 bits per heavy atom. The average molecular weight is 531 g/mol. The normalized spacial score (nSPS) is 14.4. The number of aromatic nitrogens is 2. The van der Waals surface area contributed by atoms with E-state index in [1.807, 2.05) is 23.6 Å². The molecule has 1 saturated heterocycles. The van der Waals surface area contributed by atoms with E-state index >= 15 is 0 Å². The molecule has 0 bridgehead atoms. The molecule has 0 atom stereocenters. The number of imidazole rings is 1. The molecule has 0 aliphatic carbocycles. The van der Waals surface area contributed by atoms with Crippen LogP contribution in [-0.2, 0) is 16.0 Å². The molecule has 1 aromatic carbocycles. The van der Waals surface area contributed by atoms with Gasteiger partial charge in [-0.3, -0.25) is 19.2 Å². The number of methoxy groups -OCH3 is 1. The lowest BCUT2D eigenvalue weighted by molar-refractivity contribution is -0.123. The van der Waals surface area contributed by atoms with E-state index in [4.69, 9.17) is 4.74 Å². The molecular formula is C28H39ClN4O4. The van der Waals surface area contributed by atoms with Crippen molar-refractivity contribution < 1.29 is 19.1 Å². The Hall–Kier alpha value is -3.13. The van der Waals surface area contributed by atoms with Gasteiger partial charge in [0.1, 0.15) is 11.5 Å². The maximum atomic E-state index is 13.4. The van der Waals surface area contributed by atoms with Crippen LogP contribution in [0.25, 0.3) is 11.8 Å². The predicted molar refractivity (Wildman–Crippen MR) is 147 cm³/mol. The van der Waals surface area contributed by atoms with Gasteiger partial charge in [0.25, 0.3) is 5.91 Å². The van der Waals surface area contributed by atoms with Crippen molar-refractivity contribution in [2.24, 2.45) is 0 Å². The van der Waals surface area contributed by atoms with Gasteiger partial charge in [0.05, 0.1) is 24.6 Å². The number of aryl methyl sites for hydroxylation is 1. The lowest BCUT2D eigenvalue weighted by Crippen LogP contribution is -2.34. The number of benzene rings is 1. The number of esters is 1. The standard InChI is InChI=1S/C28H38N4O4.ClH/c1-5-8-11-18-30-24(26(33)31(28(30)35)17-10-7-3)19-23-20-29-25(12-9-6-2)32(23)22-15-13-21(14-16-22)27(34)36-4;/h13-16,19-20H,5-12,17-18H2,1-4H3;1H/b24-19-;. The first-order valence-electron chi connectivity index (χ1n) is 13.1. The number of rotatable bonds is 13. The highest BCUT2D eigenvalue weighted by atomic mass is 35.5. The molecule has 3 amide bonds. The number of carbonyl (C=O) groups excluding carboxylic acids is 3. The van der Waals surface area contributed by atoms with Gasteiger partial charge in [-0.25, -0.2) is 14.6 Å². The third-order valence-corrected chi connectivity index (χ3v) is 6.38. The number of ether oxygens (including phenoxy) is 1. The number of urea groups is 1. The fourth-order valence-electron chi connectivity index (χ4n) is 4.30. The molecule has 8 nitrogen and oxygen atoms in total. The van der Waals surface area contributed by atoms with Crippen molar-refractivity contribution in [1.82, 2.24) is 19.4 Å². The third-order valence-electron chi connectivity index (χ3n) is 6.38. The SMILES string of the molecule is CCCCCN1C(=O)N(CCCC)C(=O)/C1=C/c1cnc(CCCC)n1-c1ccc(C(=O)OC)cc1.Cl. The summed E-state index contributed by atoms with van der Waals surface area (Å²) in [6, 6.07) is 6.89. The number of halogens is 1. The summed E-state index contributed by atoms with van der Waals surface area (Å²) >= 11 is 0. The average Bonchev–Trinajstić information content (AvgIpc) is 3.39. The molecule has 0 radical (unpaired) electrons. The molecular weight excluding hydrogens is 492 g/mol. The second-order valence-corrected chi connectivity index (χ2v) is 9.06. The van der Waals surface area contributed by atoms with Crippen molar-refractivity contribution in [2.45, 2.75) is 72.1 Å². The summed E-state index contributed by atoms with van der Waals surface area (Å²) in [5.41, 5.74) is 2.40. The molecule has 0 saturated carbocycles. The van der Waals surface area contributed by atoms with E-state index in [2.05, 4.69) is 18.8 Å². The molecule has 9 heteroatoms. The number of unbranched alkanes of at least 4 members (excludes halogenated alkanes) is 4. The Morgan fingerprint density at radius 3 is 2.19 bits per heavy atom. The smallest absolute Gasteiger partial charge is 0.337 e. The van der Waals surface area contributed by atoms with Crippen LogP contribution in [0.4, 0.5) is 4.79 Å². The van der Waals surface area contributed by atoms with Crippen LogP contribution >= 0.6 is 12.4 Å². The molecule has 1 aliphatic heterocycles. The van der Waals surface area contributed by atoms with Crippen LogP contribution in [-0.4, -0.2) is 57.5 Å². The van der Waals surface area contributed by atoms with Gasteiger partial charge in [0.2, 0.25) is 0 Å². The maximum absolute atomic E-state index is 13.4. The molecule has 0 N–H and O–H groups in total. The third kappa shape index (κ3) is 7.01. The Labute approximate surface area is 226 Å². The fraction of sp³-hybridized carbons (Fsp3) is 0.500. The highest BCUT2D eigenvalue weighted by molar-refractivity contribution is 6.13. The Bertz CT molecular complexity index is 1090. The maximum Gasteiger partial charge on any atom is 0.337 e. The number of amides is 3. The lowest BCUT2D eigenvalue weighted by atomic mass is 10.2. The van der Waals surface area contributed by atoms with Gasteiger partial charge in [0.15, 0.2) is 0 Å². The summed E-state index contributed by atoms with van der Waals surface area (Å²) in [6.45, 7) is 7.22. The van der Waals surface area contributed by atoms with E-state index in [1.165, 1.54) is 12.0 Å². The highest BCUT2D eigenvalue weighted by Crippen LogP contribution is 2.27. The molecule has 1 aromatic heterocycles. The number of hydrogen-bond acceptors (Lipinski definition) is 5. The molecule has 202 valence electrons. The van der Waals surface area contributed by atoms with E-state index in [1.54, 1.807) is 29.3 Å². The van der Waals surface area contributed by atoms with Crippen LogP contribution in [0.2, 0.25) is 0 Å². The summed E-state index contributed by atoms with van der Waals surface area (Å²) in [5.74, 6) is 0.214. The lowest BCUT2D eigenvalue weighted by Gasteiger charge is -2.17. The molecule has 1 fully saturated rings. The van der Waals surface area contributed by atoms with Gasteiger partial charge in [0, 0.05) is 25.2 Å². The summed E-state index contributed by atoms with van der Waals surface area (Å²) in [4.78, 5) is 46.1. The summed E-state index contributed by atoms with van der Waals surface area (Å²) in [6.07, 6.45) is 10.8. The minimum Gasteiger partial charge on any atom is -0.465 e. The van der Waals surface area contributed by atoms with Gasteiger partial charge in [-0.15, -0.1) is 12.4 Å². The number of nitrogens with zero attached hydrogens (tertiary/aromatic N) is 4. The van der Waals surface area contributed by atoms with Crippen LogP contribution in [0.5, 0.6) is 0 Å². The van der Waals surface area contributed by atoms with Crippen molar-refractivity contribution in [2.75, 3.05) is 20.2 Å². The van der Waals surface area contributed by atoms with Crippen molar-refractivity contribution in [1.29, 1.82) is 0 Å². The van der Waals surface area contributed by atoms with Crippen LogP contribution in [0.3, 0.4) is 0 Å². The second-order valence-electron chi connectivity index (χ2n) is 9.06. The topological polar surface area (TPSA) is 84.7 Å². The monoisotopic (exact) mass is 530 g/mol. The van der Waals surface area contributed by atoms with Crippen LogP contribution in [0.1, 0.15) is 87.6 Å². The van der Waals surface area contributed by atoms with Crippen molar-refractivity contribution in [3.63, 3.8) is 0 Å². The second kappa shape index (κ2) is 14.6. The van der Waals surface area contributed by atoms with Crippen molar-refractivity contribution in [3.05, 3.63) is 53.2 Å². The molecule has 37 heavy (non-hydrogen) atoms. The number of imide groups is 1. The highest BCUT2D eigenvalue weighted by Gasteiger charge is 2.40. The molecule has 1 aliphatic rings. The molecule has 2 heterocycles. The first-order chi connectivity index (χ1) is 17.5. The van der Waals surface area contributed by atoms with E-state index in [0.29, 0.717) is 24.4 Å². The Balaban J connectivity index is 0.00000481. The zero-order valence-electron chi connectivity index (χ0n) is 22.4. The van der Waals surface area contributed by atoms with Gasteiger partial charge in [-0.2, -0.15) is 0 Å². The number of carbonyl (C=O) groups is 3. The first kappa shape index (κ1) is 30.1. The van der Waals surface area contributed by atoms with Crippen LogP contribution in [0, 0.1) is 0 Å². The molecule has 2 aromatic rings. The first-order valence-corrected chi connectivity index (χ1v) is 13.1. The largest absolute Gasteiger partial charge is 0.465 e. The summed E-state index contributed by atoms with van der Waals surface area (Å²) in [5, 5.41) is 0. The molecule has 0 spiro atoms. The van der Waals surface area contributed by atoms with Crippen molar-refractivity contribution >= 4 is 36.4 Å². The summed E-state index contributed by atoms with van der Waals surface area (Å²) in [7, 11) is 1.36. The predicted octanol–water partition coefficient (Wildman–Crippen LogP) is 6.02. The van der Waals surface area contributed by atoms with E-state index in [0.717, 1.165) is 68.6 Å². The quantitative estimate of drug-likeness (QED) is 0.137. The van der Waals surface area contributed by atoms with Gasteiger partial charge < -0.3 is 4.74 Å². The van der Waals surface area contributed by atoms with Crippen LogP contribution in [0.15, 0.2) is 36.2 Å².